The van der Waals surface area contributed by atoms with Crippen molar-refractivity contribution in [3.05, 3.63) is 47.7 Å². The van der Waals surface area contributed by atoms with Crippen LogP contribution >= 0.6 is 11.6 Å². The summed E-state index contributed by atoms with van der Waals surface area (Å²) in [5.74, 6) is 0.0898. The molecule has 0 amide bonds. The third-order valence-corrected chi connectivity index (χ3v) is 3.05. The van der Waals surface area contributed by atoms with E-state index in [9.17, 15) is 4.39 Å². The molecule has 0 aromatic rings. The molecule has 0 bridgehead atoms. The summed E-state index contributed by atoms with van der Waals surface area (Å²) in [5.41, 5.74) is 7.03. The summed E-state index contributed by atoms with van der Waals surface area (Å²) < 4.78 is 23.7. The highest BCUT2D eigenvalue weighted by Crippen LogP contribution is 2.13. The minimum Gasteiger partial charge on any atom is -0.496 e. The number of nitrogens with one attached hydrogen (secondary N) is 1. The summed E-state index contributed by atoms with van der Waals surface area (Å²) in [5, 5.41) is 2.62. The fraction of sp³-hybridized carbons (Fsp3) is 0.357. The Morgan fingerprint density at radius 1 is 1.67 bits per heavy atom. The number of amidine groups is 1. The third-order valence-electron chi connectivity index (χ3n) is 2.70. The predicted octanol–water partition coefficient (Wildman–Crippen LogP) is 2.33. The molecule has 5 nitrogen and oxygen atoms in total. The van der Waals surface area contributed by atoms with Gasteiger partial charge in [-0.1, -0.05) is 12.7 Å². The quantitative estimate of drug-likeness (QED) is 0.430. The summed E-state index contributed by atoms with van der Waals surface area (Å²) in [6.45, 7) is 5.75. The molecule has 7 heteroatoms. The van der Waals surface area contributed by atoms with Crippen LogP contribution in [0.2, 0.25) is 0 Å². The fourth-order valence-corrected chi connectivity index (χ4v) is 1.61. The van der Waals surface area contributed by atoms with Crippen LogP contribution in [-0.2, 0) is 9.47 Å². The van der Waals surface area contributed by atoms with E-state index in [1.807, 2.05) is 6.92 Å². The summed E-state index contributed by atoms with van der Waals surface area (Å²) in [4.78, 5) is 3.81. The number of hydrogen-bond acceptors (Lipinski definition) is 5. The molecule has 1 rings (SSSR count). The van der Waals surface area contributed by atoms with E-state index in [2.05, 4.69) is 16.9 Å². The normalized spacial score (nSPS) is 20.0. The minimum atomic E-state index is -0.744. The van der Waals surface area contributed by atoms with Crippen LogP contribution in [0.3, 0.4) is 0 Å². The van der Waals surface area contributed by atoms with Crippen molar-refractivity contribution in [3.8, 4) is 0 Å². The Morgan fingerprint density at radius 3 is 2.90 bits per heavy atom. The van der Waals surface area contributed by atoms with Crippen LogP contribution in [0.4, 0.5) is 4.39 Å². The number of rotatable bonds is 7. The Morgan fingerprint density at radius 2 is 2.38 bits per heavy atom. The molecule has 116 valence electrons. The molecular weight excluding hydrogens is 297 g/mol. The Hall–Kier alpha value is -1.79. The topological polar surface area (TPSA) is 68.9 Å². The maximum absolute atomic E-state index is 13.0. The fourth-order valence-electron chi connectivity index (χ4n) is 1.45. The molecule has 0 unspecified atom stereocenters. The summed E-state index contributed by atoms with van der Waals surface area (Å²) in [6.07, 6.45) is 3.82. The second-order valence-corrected chi connectivity index (χ2v) is 4.50. The summed E-state index contributed by atoms with van der Waals surface area (Å²) in [6, 6.07) is 0. The van der Waals surface area contributed by atoms with Gasteiger partial charge >= 0.3 is 0 Å². The average Bonchev–Trinajstić information content (AvgIpc) is 2.50. The van der Waals surface area contributed by atoms with Crippen molar-refractivity contribution in [2.24, 2.45) is 10.7 Å². The molecule has 1 aliphatic rings. The first-order valence-electron chi connectivity index (χ1n) is 6.21. The molecule has 1 atom stereocenters. The third kappa shape index (κ3) is 5.24. The van der Waals surface area contributed by atoms with Gasteiger partial charge in [-0.15, -0.1) is 11.6 Å². The lowest BCUT2D eigenvalue weighted by atomic mass is 10.2. The van der Waals surface area contributed by atoms with Crippen LogP contribution in [0.25, 0.3) is 0 Å². The van der Waals surface area contributed by atoms with Gasteiger partial charge in [0.25, 0.3) is 0 Å². The molecular formula is C14H19ClFN3O2. The SMILES string of the molecule is C=C/C(C)=C(\C=C(/CCl)CO[C@H]1N=C(N)C(F)=CN1)OC. The first kappa shape index (κ1) is 17.3. The number of nitrogens with zero attached hydrogens (tertiary/aromatic N) is 1. The Labute approximate surface area is 128 Å². The number of hydrogen-bond donors (Lipinski definition) is 2. The van der Waals surface area contributed by atoms with Crippen LogP contribution in [-0.4, -0.2) is 31.8 Å². The zero-order valence-electron chi connectivity index (χ0n) is 12.0. The van der Waals surface area contributed by atoms with Crippen molar-refractivity contribution in [1.82, 2.24) is 5.32 Å². The monoisotopic (exact) mass is 315 g/mol. The van der Waals surface area contributed by atoms with E-state index in [1.165, 1.54) is 0 Å². The van der Waals surface area contributed by atoms with Gasteiger partial charge in [-0.25, -0.2) is 9.38 Å². The van der Waals surface area contributed by atoms with Crippen LogP contribution in [0.5, 0.6) is 0 Å². The van der Waals surface area contributed by atoms with Crippen molar-refractivity contribution in [2.45, 2.75) is 13.3 Å². The number of halogens is 2. The molecule has 1 heterocycles. The lowest BCUT2D eigenvalue weighted by molar-refractivity contribution is 0.0596. The van der Waals surface area contributed by atoms with Crippen LogP contribution in [0.1, 0.15) is 6.92 Å². The average molecular weight is 316 g/mol. The van der Waals surface area contributed by atoms with Gasteiger partial charge in [-0.05, 0) is 24.1 Å². The molecule has 0 spiro atoms. The van der Waals surface area contributed by atoms with Crippen molar-refractivity contribution in [3.63, 3.8) is 0 Å². The van der Waals surface area contributed by atoms with E-state index in [0.29, 0.717) is 5.76 Å². The molecule has 0 aromatic carbocycles. The maximum Gasteiger partial charge on any atom is 0.227 e. The van der Waals surface area contributed by atoms with E-state index in [4.69, 9.17) is 26.8 Å². The summed E-state index contributed by atoms with van der Waals surface area (Å²) in [7, 11) is 1.56. The molecule has 3 N–H and O–H groups in total. The Balaban J connectivity index is 2.70. The molecule has 0 aromatic heterocycles. The molecule has 0 saturated carbocycles. The lowest BCUT2D eigenvalue weighted by Gasteiger charge is -2.18. The van der Waals surface area contributed by atoms with E-state index in [-0.39, 0.29) is 18.3 Å². The molecule has 0 fully saturated rings. The molecule has 0 aliphatic carbocycles. The van der Waals surface area contributed by atoms with Crippen molar-refractivity contribution < 1.29 is 13.9 Å². The zero-order chi connectivity index (χ0) is 15.8. The van der Waals surface area contributed by atoms with Gasteiger partial charge in [0, 0.05) is 12.1 Å². The zero-order valence-corrected chi connectivity index (χ0v) is 12.8. The highest BCUT2D eigenvalue weighted by atomic mass is 35.5. The van der Waals surface area contributed by atoms with Gasteiger partial charge in [0.05, 0.1) is 13.7 Å². The van der Waals surface area contributed by atoms with Crippen LogP contribution in [0, 0.1) is 0 Å². The number of ether oxygens (including phenoxy) is 2. The lowest BCUT2D eigenvalue weighted by Crippen LogP contribution is -2.34. The van der Waals surface area contributed by atoms with Gasteiger partial charge < -0.3 is 20.5 Å². The van der Waals surface area contributed by atoms with Crippen molar-refractivity contribution in [2.75, 3.05) is 19.6 Å². The van der Waals surface area contributed by atoms with Crippen molar-refractivity contribution in [1.29, 1.82) is 0 Å². The molecule has 0 saturated heterocycles. The standard InChI is InChI=1S/C14H19ClFN3O2/c1-4-9(2)12(20-3)5-10(6-15)8-21-14-18-7-11(16)13(17)19-14/h4-5,7,14,18H,1,6,8H2,2-3H3,(H2,17,19)/b10-5+,12-9+/t14-/m1/s1. The first-order valence-corrected chi connectivity index (χ1v) is 6.75. The number of allylic oxidation sites excluding steroid dienone is 3. The Bertz CT molecular complexity index is 512. The predicted molar refractivity (Wildman–Crippen MR) is 82.4 cm³/mol. The van der Waals surface area contributed by atoms with Gasteiger partial charge in [0.1, 0.15) is 5.76 Å². The van der Waals surface area contributed by atoms with Crippen LogP contribution < -0.4 is 11.1 Å². The first-order chi connectivity index (χ1) is 10.0. The van der Waals surface area contributed by atoms with Gasteiger partial charge in [-0.3, -0.25) is 0 Å². The number of methoxy groups -OCH3 is 1. The van der Waals surface area contributed by atoms with Gasteiger partial charge in [-0.2, -0.15) is 0 Å². The smallest absolute Gasteiger partial charge is 0.227 e. The van der Waals surface area contributed by atoms with Gasteiger partial charge in [0.15, 0.2) is 11.7 Å². The largest absolute Gasteiger partial charge is 0.496 e. The van der Waals surface area contributed by atoms with Crippen molar-refractivity contribution >= 4 is 17.4 Å². The number of aliphatic imine (C=N–C) groups is 1. The highest BCUT2D eigenvalue weighted by molar-refractivity contribution is 6.19. The Kier molecular flexibility index (Phi) is 6.98. The van der Waals surface area contributed by atoms with E-state index in [1.54, 1.807) is 19.3 Å². The second-order valence-electron chi connectivity index (χ2n) is 4.23. The van der Waals surface area contributed by atoms with Gasteiger partial charge in [0.2, 0.25) is 6.35 Å². The van der Waals surface area contributed by atoms with Crippen LogP contribution in [0.15, 0.2) is 52.7 Å². The highest BCUT2D eigenvalue weighted by Gasteiger charge is 2.15. The number of nitrogens with two attached hydrogens (primary N) is 1. The molecule has 0 radical (unpaired) electrons. The molecule has 21 heavy (non-hydrogen) atoms. The number of alkyl halides is 1. The minimum absolute atomic E-state index is 0.199. The summed E-state index contributed by atoms with van der Waals surface area (Å²) >= 11 is 5.88. The van der Waals surface area contributed by atoms with E-state index < -0.39 is 12.2 Å². The molecule has 1 aliphatic heterocycles. The van der Waals surface area contributed by atoms with E-state index in [0.717, 1.165) is 17.3 Å². The maximum atomic E-state index is 13.0. The second kappa shape index (κ2) is 8.49. The van der Waals surface area contributed by atoms with E-state index >= 15 is 0 Å².